The first kappa shape index (κ1) is 14.0. The average molecular weight is 300 g/mol. The Morgan fingerprint density at radius 2 is 2.24 bits per heavy atom. The van der Waals surface area contributed by atoms with Gasteiger partial charge in [-0.3, -0.25) is 4.79 Å². The molecule has 3 nitrogen and oxygen atoms in total. The van der Waals surface area contributed by atoms with Gasteiger partial charge >= 0.3 is 0 Å². The maximum Gasteiger partial charge on any atom is 0.225 e. The monoisotopic (exact) mass is 299 g/mol. The molecule has 0 heterocycles. The van der Waals surface area contributed by atoms with Crippen molar-refractivity contribution in [2.75, 3.05) is 17.3 Å². The molecule has 0 aliphatic rings. The van der Waals surface area contributed by atoms with Gasteiger partial charge in [0, 0.05) is 23.5 Å². The van der Waals surface area contributed by atoms with Crippen LogP contribution in [-0.2, 0) is 4.79 Å². The van der Waals surface area contributed by atoms with Crippen LogP contribution in [0.5, 0.6) is 5.75 Å². The van der Waals surface area contributed by atoms with Crippen LogP contribution in [0, 0.1) is 5.92 Å². The number of alkyl halides is 1. The number of amides is 1. The Morgan fingerprint density at radius 1 is 1.47 bits per heavy atom. The molecule has 4 heteroatoms. The molecule has 0 fully saturated rings. The van der Waals surface area contributed by atoms with Crippen LogP contribution in [0.25, 0.3) is 0 Å². The normalized spacial score (nSPS) is 10.4. The van der Waals surface area contributed by atoms with E-state index in [0.29, 0.717) is 24.3 Å². The molecule has 0 saturated heterocycles. The van der Waals surface area contributed by atoms with Gasteiger partial charge in [-0.2, -0.15) is 0 Å². The predicted molar refractivity (Wildman–Crippen MR) is 73.8 cm³/mol. The first-order valence-corrected chi connectivity index (χ1v) is 6.82. The molecule has 0 saturated carbocycles. The maximum atomic E-state index is 11.4. The molecule has 1 aromatic carbocycles. The van der Waals surface area contributed by atoms with Crippen LogP contribution < -0.4 is 10.1 Å². The van der Waals surface area contributed by atoms with Gasteiger partial charge in [0.1, 0.15) is 5.75 Å². The average Bonchev–Trinajstić information content (AvgIpc) is 2.27. The lowest BCUT2D eigenvalue weighted by Gasteiger charge is -2.10. The topological polar surface area (TPSA) is 38.3 Å². The summed E-state index contributed by atoms with van der Waals surface area (Å²) >= 11 is 3.23. The fourth-order valence-electron chi connectivity index (χ4n) is 1.24. The summed E-state index contributed by atoms with van der Waals surface area (Å²) in [5.74, 6) is 1.28. The molecule has 1 N–H and O–H groups in total. The lowest BCUT2D eigenvalue weighted by atomic mass is 10.2. The first-order chi connectivity index (χ1) is 8.11. The van der Waals surface area contributed by atoms with Crippen molar-refractivity contribution in [3.05, 3.63) is 24.3 Å². The number of benzene rings is 1. The maximum absolute atomic E-state index is 11.4. The van der Waals surface area contributed by atoms with E-state index < -0.39 is 0 Å². The Bertz CT molecular complexity index is 366. The second kappa shape index (κ2) is 7.33. The highest BCUT2D eigenvalue weighted by atomic mass is 79.9. The fourth-order valence-corrected chi connectivity index (χ4v) is 1.60. The molecule has 1 aromatic rings. The number of hydrogen-bond donors (Lipinski definition) is 1. The number of carbonyl (C=O) groups is 1. The minimum absolute atomic E-state index is 0.00267. The Kier molecular flexibility index (Phi) is 6.05. The summed E-state index contributed by atoms with van der Waals surface area (Å²) in [6.45, 7) is 4.88. The predicted octanol–water partition coefficient (Wildman–Crippen LogP) is 3.44. The minimum atomic E-state index is 0.00267. The third-order valence-corrected chi connectivity index (χ3v) is 2.42. The van der Waals surface area contributed by atoms with Gasteiger partial charge in [0.2, 0.25) is 5.91 Å². The van der Waals surface area contributed by atoms with E-state index in [-0.39, 0.29) is 5.91 Å². The number of halogens is 1. The second-order valence-corrected chi connectivity index (χ2v) is 5.01. The summed E-state index contributed by atoms with van der Waals surface area (Å²) in [7, 11) is 0. The Balaban J connectivity index is 2.56. The van der Waals surface area contributed by atoms with Crippen LogP contribution in [0.2, 0.25) is 0 Å². The number of anilines is 1. The molecule has 0 aromatic heterocycles. The highest BCUT2D eigenvalue weighted by Crippen LogP contribution is 2.18. The van der Waals surface area contributed by atoms with Crippen molar-refractivity contribution in [3.63, 3.8) is 0 Å². The van der Waals surface area contributed by atoms with Crippen LogP contribution in [0.1, 0.15) is 20.3 Å². The molecule has 0 atom stereocenters. The number of ether oxygens (including phenoxy) is 1. The Morgan fingerprint density at radius 3 is 2.88 bits per heavy atom. The first-order valence-electron chi connectivity index (χ1n) is 5.70. The largest absolute Gasteiger partial charge is 0.493 e. The Hall–Kier alpha value is -1.03. The molecule has 0 bridgehead atoms. The highest BCUT2D eigenvalue weighted by molar-refractivity contribution is 9.09. The quantitative estimate of drug-likeness (QED) is 0.817. The van der Waals surface area contributed by atoms with E-state index in [4.69, 9.17) is 4.74 Å². The smallest absolute Gasteiger partial charge is 0.225 e. The Labute approximate surface area is 111 Å². The van der Waals surface area contributed by atoms with Crippen LogP contribution in [0.15, 0.2) is 24.3 Å². The van der Waals surface area contributed by atoms with Crippen molar-refractivity contribution >= 4 is 27.5 Å². The molecule has 0 unspecified atom stereocenters. The third-order valence-electron chi connectivity index (χ3n) is 2.02. The van der Waals surface area contributed by atoms with E-state index in [2.05, 4.69) is 35.1 Å². The molecule has 1 amide bonds. The van der Waals surface area contributed by atoms with Crippen molar-refractivity contribution < 1.29 is 9.53 Å². The van der Waals surface area contributed by atoms with Crippen molar-refractivity contribution in [2.45, 2.75) is 20.3 Å². The van der Waals surface area contributed by atoms with Crippen molar-refractivity contribution in [1.29, 1.82) is 0 Å². The van der Waals surface area contributed by atoms with Gasteiger partial charge in [-0.25, -0.2) is 0 Å². The lowest BCUT2D eigenvalue weighted by molar-refractivity contribution is -0.115. The van der Waals surface area contributed by atoms with E-state index >= 15 is 0 Å². The summed E-state index contributed by atoms with van der Waals surface area (Å²) in [5.41, 5.74) is 0.775. The summed E-state index contributed by atoms with van der Waals surface area (Å²) in [6, 6.07) is 7.46. The fraction of sp³-hybridized carbons (Fsp3) is 0.462. The molecule has 0 aliphatic carbocycles. The molecule has 94 valence electrons. The van der Waals surface area contributed by atoms with E-state index in [1.54, 1.807) is 0 Å². The molecule has 0 spiro atoms. The van der Waals surface area contributed by atoms with Gasteiger partial charge in [-0.1, -0.05) is 35.8 Å². The van der Waals surface area contributed by atoms with Gasteiger partial charge in [0.05, 0.1) is 6.61 Å². The van der Waals surface area contributed by atoms with E-state index in [1.807, 2.05) is 24.3 Å². The van der Waals surface area contributed by atoms with E-state index in [1.165, 1.54) is 0 Å². The summed E-state index contributed by atoms with van der Waals surface area (Å²) in [5, 5.41) is 3.49. The standard InChI is InChI=1S/C13H18BrNO2/c1-10(2)9-17-12-5-3-4-11(8-12)15-13(16)6-7-14/h3-5,8,10H,6-7,9H2,1-2H3,(H,15,16). The van der Waals surface area contributed by atoms with Gasteiger partial charge in [-0.05, 0) is 18.1 Å². The molecular formula is C13H18BrNO2. The van der Waals surface area contributed by atoms with E-state index in [0.717, 1.165) is 11.4 Å². The zero-order valence-electron chi connectivity index (χ0n) is 10.2. The lowest BCUT2D eigenvalue weighted by Crippen LogP contribution is -2.11. The number of nitrogens with one attached hydrogen (secondary N) is 1. The SMILES string of the molecule is CC(C)COc1cccc(NC(=O)CCBr)c1. The molecular weight excluding hydrogens is 282 g/mol. The zero-order chi connectivity index (χ0) is 12.7. The van der Waals surface area contributed by atoms with Crippen LogP contribution in [0.3, 0.4) is 0 Å². The number of carbonyl (C=O) groups excluding carboxylic acids is 1. The molecule has 1 rings (SSSR count). The van der Waals surface area contributed by atoms with E-state index in [9.17, 15) is 4.79 Å². The molecule has 0 radical (unpaired) electrons. The second-order valence-electron chi connectivity index (χ2n) is 4.22. The summed E-state index contributed by atoms with van der Waals surface area (Å²) in [4.78, 5) is 11.4. The van der Waals surface area contributed by atoms with Crippen molar-refractivity contribution in [3.8, 4) is 5.75 Å². The van der Waals surface area contributed by atoms with Gasteiger partial charge in [0.15, 0.2) is 0 Å². The highest BCUT2D eigenvalue weighted by Gasteiger charge is 2.03. The van der Waals surface area contributed by atoms with Crippen LogP contribution in [-0.4, -0.2) is 17.8 Å². The number of hydrogen-bond acceptors (Lipinski definition) is 2. The molecule has 0 aliphatic heterocycles. The number of rotatable bonds is 6. The van der Waals surface area contributed by atoms with Gasteiger partial charge < -0.3 is 10.1 Å². The summed E-state index contributed by atoms with van der Waals surface area (Å²) < 4.78 is 5.59. The van der Waals surface area contributed by atoms with Crippen LogP contribution >= 0.6 is 15.9 Å². The summed E-state index contributed by atoms with van der Waals surface area (Å²) in [6.07, 6.45) is 0.469. The van der Waals surface area contributed by atoms with Crippen molar-refractivity contribution in [1.82, 2.24) is 0 Å². The van der Waals surface area contributed by atoms with Gasteiger partial charge in [-0.15, -0.1) is 0 Å². The third kappa shape index (κ3) is 5.73. The zero-order valence-corrected chi connectivity index (χ0v) is 11.8. The van der Waals surface area contributed by atoms with Crippen molar-refractivity contribution in [2.24, 2.45) is 5.92 Å². The van der Waals surface area contributed by atoms with Gasteiger partial charge in [0.25, 0.3) is 0 Å². The van der Waals surface area contributed by atoms with Crippen LogP contribution in [0.4, 0.5) is 5.69 Å². The molecule has 17 heavy (non-hydrogen) atoms. The minimum Gasteiger partial charge on any atom is -0.493 e.